The van der Waals surface area contributed by atoms with E-state index in [4.69, 9.17) is 9.47 Å². The number of morpholine rings is 1. The number of hydrogen-bond acceptors (Lipinski definition) is 5. The summed E-state index contributed by atoms with van der Waals surface area (Å²) in [7, 11) is 0. The van der Waals surface area contributed by atoms with Gasteiger partial charge >= 0.3 is 0 Å². The molecule has 0 N–H and O–H groups in total. The van der Waals surface area contributed by atoms with Gasteiger partial charge in [-0.2, -0.15) is 0 Å². The number of amides is 1. The fraction of sp³-hybridized carbons (Fsp3) is 0.480. The molecule has 2 heterocycles. The normalized spacial score (nSPS) is 22.1. The lowest BCUT2D eigenvalue weighted by Crippen LogP contribution is -2.58. The summed E-state index contributed by atoms with van der Waals surface area (Å²) in [5.41, 5.74) is 2.17. The molecule has 2 aromatic rings. The maximum atomic E-state index is 13.2. The van der Waals surface area contributed by atoms with Gasteiger partial charge in [-0.3, -0.25) is 9.69 Å². The highest BCUT2D eigenvalue weighted by molar-refractivity contribution is 5.78. The van der Waals surface area contributed by atoms with Crippen LogP contribution in [0.25, 0.3) is 0 Å². The molecule has 1 amide bonds. The van der Waals surface area contributed by atoms with Gasteiger partial charge in [0.25, 0.3) is 5.91 Å². The summed E-state index contributed by atoms with van der Waals surface area (Å²) in [5, 5.41) is 0. The van der Waals surface area contributed by atoms with Gasteiger partial charge in [0, 0.05) is 56.6 Å². The summed E-state index contributed by atoms with van der Waals surface area (Å²) in [6.07, 6.45) is 0. The Bertz CT molecular complexity index is 902. The van der Waals surface area contributed by atoms with Crippen molar-refractivity contribution in [1.29, 1.82) is 0 Å². The van der Waals surface area contributed by atoms with E-state index in [1.165, 1.54) is 12.1 Å². The third-order valence-corrected chi connectivity index (χ3v) is 6.29. The van der Waals surface area contributed by atoms with Crippen molar-refractivity contribution in [2.75, 3.05) is 50.9 Å². The van der Waals surface area contributed by atoms with Gasteiger partial charge in [-0.1, -0.05) is 18.2 Å². The molecule has 0 spiro atoms. The summed E-state index contributed by atoms with van der Waals surface area (Å²) in [6.45, 7) is 9.58. The van der Waals surface area contributed by atoms with Gasteiger partial charge in [-0.15, -0.1) is 0 Å². The average molecular weight is 442 g/mol. The fourth-order valence-corrected chi connectivity index (χ4v) is 4.41. The van der Waals surface area contributed by atoms with Gasteiger partial charge in [0.15, 0.2) is 6.61 Å². The van der Waals surface area contributed by atoms with E-state index in [2.05, 4.69) is 29.7 Å². The number of anilines is 1. The number of hydrogen-bond donors (Lipinski definition) is 0. The molecular formula is C25H32FN3O3. The third kappa shape index (κ3) is 5.58. The standard InChI is InChI=1S/C25H32FN3O3/c1-19-16-29(20(2)15-28(19)17-21-6-8-22(26)9-7-21)25(30)18-32-24-5-3-4-23(14-24)27-10-12-31-13-11-27/h3-9,14,19-20H,10-13,15-18H2,1-2H3/t19-,20+/m0/s1. The summed E-state index contributed by atoms with van der Waals surface area (Å²) >= 11 is 0. The zero-order valence-corrected chi connectivity index (χ0v) is 18.9. The number of carbonyl (C=O) groups is 1. The maximum absolute atomic E-state index is 13.2. The number of ether oxygens (including phenoxy) is 2. The van der Waals surface area contributed by atoms with Crippen molar-refractivity contribution in [3.8, 4) is 5.75 Å². The Morgan fingerprint density at radius 3 is 2.56 bits per heavy atom. The van der Waals surface area contributed by atoms with Gasteiger partial charge in [0.05, 0.1) is 13.2 Å². The van der Waals surface area contributed by atoms with Gasteiger partial charge in [-0.25, -0.2) is 4.39 Å². The molecule has 2 saturated heterocycles. The highest BCUT2D eigenvalue weighted by Gasteiger charge is 2.32. The van der Waals surface area contributed by atoms with Crippen LogP contribution in [0.3, 0.4) is 0 Å². The number of halogens is 1. The molecule has 2 fully saturated rings. The summed E-state index contributed by atoms with van der Waals surface area (Å²) in [4.78, 5) is 19.5. The molecule has 2 aliphatic heterocycles. The van der Waals surface area contributed by atoms with E-state index in [1.54, 1.807) is 0 Å². The van der Waals surface area contributed by atoms with E-state index < -0.39 is 0 Å². The zero-order chi connectivity index (χ0) is 22.5. The molecule has 32 heavy (non-hydrogen) atoms. The van der Waals surface area contributed by atoms with Crippen LogP contribution < -0.4 is 9.64 Å². The van der Waals surface area contributed by atoms with Crippen molar-refractivity contribution >= 4 is 11.6 Å². The van der Waals surface area contributed by atoms with E-state index in [1.807, 2.05) is 35.2 Å². The van der Waals surface area contributed by atoms with Crippen molar-refractivity contribution in [3.63, 3.8) is 0 Å². The molecule has 2 aliphatic rings. The molecule has 0 radical (unpaired) electrons. The average Bonchev–Trinajstić information content (AvgIpc) is 2.82. The van der Waals surface area contributed by atoms with E-state index in [0.29, 0.717) is 12.3 Å². The lowest BCUT2D eigenvalue weighted by Gasteiger charge is -2.44. The molecular weight excluding hydrogens is 409 g/mol. The fourth-order valence-electron chi connectivity index (χ4n) is 4.41. The second-order valence-electron chi connectivity index (χ2n) is 8.69. The minimum atomic E-state index is -0.221. The first-order valence-electron chi connectivity index (χ1n) is 11.3. The van der Waals surface area contributed by atoms with E-state index in [0.717, 1.165) is 50.6 Å². The summed E-state index contributed by atoms with van der Waals surface area (Å²) in [6, 6.07) is 14.8. The smallest absolute Gasteiger partial charge is 0.260 e. The number of nitrogens with zero attached hydrogens (tertiary/aromatic N) is 3. The van der Waals surface area contributed by atoms with Crippen LogP contribution >= 0.6 is 0 Å². The predicted octanol–water partition coefficient (Wildman–Crippen LogP) is 3.16. The predicted molar refractivity (Wildman–Crippen MR) is 122 cm³/mol. The minimum absolute atomic E-state index is 0.00237. The molecule has 0 saturated carbocycles. The van der Waals surface area contributed by atoms with Crippen molar-refractivity contribution in [2.45, 2.75) is 32.5 Å². The summed E-state index contributed by atoms with van der Waals surface area (Å²) in [5.74, 6) is 0.488. The Balaban J connectivity index is 1.30. The van der Waals surface area contributed by atoms with Crippen LogP contribution in [0.1, 0.15) is 19.4 Å². The third-order valence-electron chi connectivity index (χ3n) is 6.29. The van der Waals surface area contributed by atoms with Crippen molar-refractivity contribution in [2.24, 2.45) is 0 Å². The first-order valence-corrected chi connectivity index (χ1v) is 11.3. The molecule has 0 unspecified atom stereocenters. The number of carbonyl (C=O) groups excluding carboxylic acids is 1. The highest BCUT2D eigenvalue weighted by atomic mass is 19.1. The summed E-state index contributed by atoms with van der Waals surface area (Å²) < 4.78 is 24.5. The number of rotatable bonds is 6. The first kappa shape index (κ1) is 22.6. The Hall–Kier alpha value is -2.64. The monoisotopic (exact) mass is 441 g/mol. The van der Waals surface area contributed by atoms with Crippen LogP contribution in [0.15, 0.2) is 48.5 Å². The lowest BCUT2D eigenvalue weighted by atomic mass is 10.1. The molecule has 4 rings (SSSR count). The topological polar surface area (TPSA) is 45.2 Å². The maximum Gasteiger partial charge on any atom is 0.260 e. The Labute approximate surface area is 189 Å². The van der Waals surface area contributed by atoms with Crippen LogP contribution in [-0.2, 0) is 16.1 Å². The second kappa shape index (κ2) is 10.3. The first-order chi connectivity index (χ1) is 15.5. The number of piperazine rings is 1. The van der Waals surface area contributed by atoms with Crippen LogP contribution in [-0.4, -0.2) is 73.8 Å². The molecule has 7 heteroatoms. The van der Waals surface area contributed by atoms with Crippen molar-refractivity contribution in [3.05, 3.63) is 59.9 Å². The van der Waals surface area contributed by atoms with Crippen LogP contribution in [0.5, 0.6) is 5.75 Å². The molecule has 6 nitrogen and oxygen atoms in total. The second-order valence-corrected chi connectivity index (χ2v) is 8.69. The molecule has 0 aliphatic carbocycles. The molecule has 0 bridgehead atoms. The van der Waals surface area contributed by atoms with Crippen LogP contribution in [0.4, 0.5) is 10.1 Å². The van der Waals surface area contributed by atoms with Gasteiger partial charge in [0.1, 0.15) is 11.6 Å². The number of benzene rings is 2. The van der Waals surface area contributed by atoms with Gasteiger partial charge in [-0.05, 0) is 43.7 Å². The highest BCUT2D eigenvalue weighted by Crippen LogP contribution is 2.23. The van der Waals surface area contributed by atoms with Crippen LogP contribution in [0.2, 0.25) is 0 Å². The quantitative estimate of drug-likeness (QED) is 0.689. The molecule has 0 aromatic heterocycles. The Morgan fingerprint density at radius 1 is 1.06 bits per heavy atom. The minimum Gasteiger partial charge on any atom is -0.484 e. The van der Waals surface area contributed by atoms with Crippen LogP contribution in [0, 0.1) is 5.82 Å². The molecule has 172 valence electrons. The lowest BCUT2D eigenvalue weighted by molar-refractivity contribution is -0.139. The van der Waals surface area contributed by atoms with Gasteiger partial charge in [0.2, 0.25) is 0 Å². The SMILES string of the molecule is C[C@@H]1CN(Cc2ccc(F)cc2)[C@@H](C)CN1C(=O)COc1cccc(N2CCOCC2)c1. The Morgan fingerprint density at radius 2 is 1.81 bits per heavy atom. The molecule has 2 aromatic carbocycles. The van der Waals surface area contributed by atoms with E-state index >= 15 is 0 Å². The van der Waals surface area contributed by atoms with E-state index in [-0.39, 0.29) is 30.4 Å². The van der Waals surface area contributed by atoms with Crippen molar-refractivity contribution < 1.29 is 18.7 Å². The molecule has 2 atom stereocenters. The van der Waals surface area contributed by atoms with E-state index in [9.17, 15) is 9.18 Å². The Kier molecular flexibility index (Phi) is 7.27. The van der Waals surface area contributed by atoms with Gasteiger partial charge < -0.3 is 19.3 Å². The van der Waals surface area contributed by atoms with Crippen molar-refractivity contribution in [1.82, 2.24) is 9.80 Å². The largest absolute Gasteiger partial charge is 0.484 e. The zero-order valence-electron chi connectivity index (χ0n) is 18.9.